The first kappa shape index (κ1) is 38.7. The molecular weight excluding hydrogens is 538 g/mol. The van der Waals surface area contributed by atoms with Gasteiger partial charge in [0.15, 0.2) is 0 Å². The number of epoxide rings is 1. The predicted octanol–water partition coefficient (Wildman–Crippen LogP) is 6.84. The minimum Gasteiger partial charge on any atom is -0.457 e. The third kappa shape index (κ3) is 14.9. The Kier molecular flexibility index (Phi) is 17.2. The van der Waals surface area contributed by atoms with Gasteiger partial charge in [-0.3, -0.25) is 9.59 Å². The number of rotatable bonds is 13. The van der Waals surface area contributed by atoms with Crippen molar-refractivity contribution >= 4 is 34.9 Å². The molecule has 41 heavy (non-hydrogen) atoms. The van der Waals surface area contributed by atoms with E-state index in [1.165, 1.54) is 13.8 Å². The van der Waals surface area contributed by atoms with Crippen LogP contribution in [-0.2, 0) is 23.9 Å². The molecule has 8 heteroatoms. The molecule has 0 aliphatic carbocycles. The fourth-order valence-electron chi connectivity index (χ4n) is 4.26. The second-order valence-corrected chi connectivity index (χ2v) is 13.5. The summed E-state index contributed by atoms with van der Waals surface area (Å²) >= 11 is 1.60. The number of ketones is 2. The van der Waals surface area contributed by atoms with E-state index < -0.39 is 11.5 Å². The van der Waals surface area contributed by atoms with E-state index in [1.807, 2.05) is 73.8 Å². The number of hydrogen-bond donors (Lipinski definition) is 1. The van der Waals surface area contributed by atoms with E-state index in [1.54, 1.807) is 11.3 Å². The molecule has 1 aliphatic rings. The quantitative estimate of drug-likeness (QED) is 0.152. The van der Waals surface area contributed by atoms with E-state index >= 15 is 0 Å². The van der Waals surface area contributed by atoms with Crippen LogP contribution in [0.25, 0.3) is 6.08 Å². The van der Waals surface area contributed by atoms with Crippen molar-refractivity contribution in [3.05, 3.63) is 21.7 Å². The average molecular weight is 592 g/mol. The van der Waals surface area contributed by atoms with Crippen LogP contribution in [0.2, 0.25) is 0 Å². The van der Waals surface area contributed by atoms with E-state index in [0.29, 0.717) is 6.42 Å². The SMILES string of the molecule is C#C.C/C(=C\c1csc(C)n1)[C@H](C[C@@H]1O[C@@H]1CCC[C@H](C)[C@H](O)[C@@H](C)C(=O)C(C)C)OC(=O)C(C)(C)C.CC(C)=O. The van der Waals surface area contributed by atoms with Crippen LogP contribution in [0, 0.1) is 42.9 Å². The topological polar surface area (TPSA) is 106 Å². The maximum atomic E-state index is 12.6. The van der Waals surface area contributed by atoms with Gasteiger partial charge >= 0.3 is 5.97 Å². The highest BCUT2D eigenvalue weighted by molar-refractivity contribution is 7.09. The molecule has 7 nitrogen and oxygen atoms in total. The van der Waals surface area contributed by atoms with Gasteiger partial charge in [0.05, 0.1) is 34.4 Å². The minimum atomic E-state index is -0.621. The summed E-state index contributed by atoms with van der Waals surface area (Å²) < 4.78 is 11.9. The lowest BCUT2D eigenvalue weighted by Crippen LogP contribution is -2.33. The number of esters is 1. The molecule has 1 aliphatic heterocycles. The van der Waals surface area contributed by atoms with Crippen molar-refractivity contribution in [2.45, 2.75) is 126 Å². The minimum absolute atomic E-state index is 0.0509. The molecule has 0 bridgehead atoms. The van der Waals surface area contributed by atoms with Gasteiger partial charge in [0.2, 0.25) is 0 Å². The molecule has 1 aromatic rings. The molecule has 1 saturated heterocycles. The van der Waals surface area contributed by atoms with Crippen LogP contribution in [0.1, 0.15) is 106 Å². The molecule has 0 spiro atoms. The van der Waals surface area contributed by atoms with Gasteiger partial charge < -0.3 is 19.4 Å². The highest BCUT2D eigenvalue weighted by Crippen LogP contribution is 2.35. The summed E-state index contributed by atoms with van der Waals surface area (Å²) in [5, 5.41) is 13.6. The van der Waals surface area contributed by atoms with Crippen molar-refractivity contribution in [2.75, 3.05) is 0 Å². The van der Waals surface area contributed by atoms with E-state index in [4.69, 9.17) is 9.47 Å². The number of nitrogens with zero attached hydrogens (tertiary/aromatic N) is 1. The molecule has 1 N–H and O–H groups in total. The van der Waals surface area contributed by atoms with Crippen LogP contribution in [0.4, 0.5) is 0 Å². The van der Waals surface area contributed by atoms with E-state index in [0.717, 1.165) is 35.5 Å². The maximum Gasteiger partial charge on any atom is 0.311 e. The standard InChI is InChI=1S/C28H45NO5S.C3H6O.C2H2/c1-16(2)25(30)19(5)26(31)17(3)11-10-12-22-24(33-22)14-23(34-27(32)28(7,8)9)18(4)13-21-15-35-20(6)29-21;1-3(2)4;1-2/h13,15-17,19,22-24,26,31H,10-12,14H2,1-9H3;1-2H3;1-2H/b18-13+;;/t17-,19-,22+,23-,24-,26-;;/m0../s1. The fourth-order valence-corrected chi connectivity index (χ4v) is 4.83. The molecule has 0 unspecified atom stereocenters. The summed E-state index contributed by atoms with van der Waals surface area (Å²) in [7, 11) is 0. The smallest absolute Gasteiger partial charge is 0.311 e. The van der Waals surface area contributed by atoms with Crippen molar-refractivity contribution in [3.8, 4) is 12.8 Å². The van der Waals surface area contributed by atoms with E-state index in [-0.39, 0.29) is 53.6 Å². The number of hydrogen-bond acceptors (Lipinski definition) is 8. The first-order chi connectivity index (χ1) is 18.9. The zero-order valence-corrected chi connectivity index (χ0v) is 27.8. The molecule has 232 valence electrons. The molecule has 0 amide bonds. The molecule has 0 aromatic carbocycles. The lowest BCUT2D eigenvalue weighted by atomic mass is 9.84. The van der Waals surface area contributed by atoms with Crippen LogP contribution >= 0.6 is 11.3 Å². The van der Waals surface area contributed by atoms with Gasteiger partial charge in [0, 0.05) is 23.6 Å². The molecule has 1 fully saturated rings. The van der Waals surface area contributed by atoms with Crippen molar-refractivity contribution in [3.63, 3.8) is 0 Å². The van der Waals surface area contributed by atoms with Gasteiger partial charge in [-0.25, -0.2) is 4.98 Å². The summed E-state index contributed by atoms with van der Waals surface area (Å²) in [4.78, 5) is 38.8. The lowest BCUT2D eigenvalue weighted by Gasteiger charge is -2.25. The Morgan fingerprint density at radius 1 is 1.12 bits per heavy atom. The molecule has 0 saturated carbocycles. The number of terminal acetylenes is 1. The summed E-state index contributed by atoms with van der Waals surface area (Å²) in [6.07, 6.45) is 12.5. The van der Waals surface area contributed by atoms with Gasteiger partial charge in [-0.1, -0.05) is 34.1 Å². The van der Waals surface area contributed by atoms with Gasteiger partial charge in [-0.2, -0.15) is 0 Å². The van der Waals surface area contributed by atoms with Gasteiger partial charge in [0.25, 0.3) is 0 Å². The maximum absolute atomic E-state index is 12.6. The Labute approximate surface area is 252 Å². The largest absolute Gasteiger partial charge is 0.457 e. The molecule has 6 atom stereocenters. The van der Waals surface area contributed by atoms with Crippen LogP contribution in [0.3, 0.4) is 0 Å². The Balaban J connectivity index is 0.00000244. The summed E-state index contributed by atoms with van der Waals surface area (Å²) in [5.41, 5.74) is 1.26. The van der Waals surface area contributed by atoms with Crippen LogP contribution < -0.4 is 0 Å². The van der Waals surface area contributed by atoms with Crippen molar-refractivity contribution in [2.24, 2.45) is 23.2 Å². The second kappa shape index (κ2) is 18.3. The Morgan fingerprint density at radius 2 is 1.68 bits per heavy atom. The van der Waals surface area contributed by atoms with Crippen molar-refractivity contribution in [1.82, 2.24) is 4.98 Å². The second-order valence-electron chi connectivity index (χ2n) is 12.4. The number of thiazole rings is 1. The zero-order chi connectivity index (χ0) is 32.1. The van der Waals surface area contributed by atoms with Crippen molar-refractivity contribution in [1.29, 1.82) is 0 Å². The number of aliphatic hydroxyl groups excluding tert-OH is 1. The number of aliphatic hydroxyl groups is 1. The van der Waals surface area contributed by atoms with E-state index in [9.17, 15) is 19.5 Å². The average Bonchev–Trinajstić information content (AvgIpc) is 3.49. The third-order valence-corrected chi connectivity index (χ3v) is 7.57. The number of aryl methyl sites for hydroxylation is 1. The first-order valence-electron chi connectivity index (χ1n) is 14.4. The molecule has 2 rings (SSSR count). The zero-order valence-electron chi connectivity index (χ0n) is 27.0. The monoisotopic (exact) mass is 591 g/mol. The Hall–Kier alpha value is -2.34. The predicted molar refractivity (Wildman–Crippen MR) is 167 cm³/mol. The van der Waals surface area contributed by atoms with E-state index in [2.05, 4.69) is 17.8 Å². The van der Waals surface area contributed by atoms with Gasteiger partial charge in [-0.05, 0) is 78.9 Å². The summed E-state index contributed by atoms with van der Waals surface area (Å²) in [5.74, 6) is -0.303. The number of aromatic nitrogens is 1. The summed E-state index contributed by atoms with van der Waals surface area (Å²) in [6.45, 7) is 20.2. The summed E-state index contributed by atoms with van der Waals surface area (Å²) in [6, 6.07) is 0. The normalized spacial score (nSPS) is 19.4. The Bertz CT molecular complexity index is 1010. The molecule has 1 aromatic heterocycles. The highest BCUT2D eigenvalue weighted by atomic mass is 32.1. The molecule has 0 radical (unpaired) electrons. The first-order valence-corrected chi connectivity index (χ1v) is 15.3. The van der Waals surface area contributed by atoms with Crippen LogP contribution in [0.15, 0.2) is 11.0 Å². The van der Waals surface area contributed by atoms with Gasteiger partial charge in [-0.15, -0.1) is 24.2 Å². The molecular formula is C33H53NO6S. The highest BCUT2D eigenvalue weighted by Gasteiger charge is 2.41. The van der Waals surface area contributed by atoms with Crippen molar-refractivity contribution < 1.29 is 29.0 Å². The number of carbonyl (C=O) groups excluding carboxylic acids is 3. The van der Waals surface area contributed by atoms with Crippen LogP contribution in [-0.4, -0.2) is 52.0 Å². The molecule has 2 heterocycles. The number of ether oxygens (including phenoxy) is 2. The third-order valence-electron chi connectivity index (χ3n) is 6.78. The Morgan fingerprint density at radius 3 is 2.15 bits per heavy atom. The fraction of sp³-hybridized carbons (Fsp3) is 0.697. The van der Waals surface area contributed by atoms with Gasteiger partial charge in [0.1, 0.15) is 17.7 Å². The number of Topliss-reactive ketones (excluding diaryl/α,β-unsaturated/α-hetero) is 2. The number of carbonyl (C=O) groups is 3. The lowest BCUT2D eigenvalue weighted by molar-refractivity contribution is -0.157. The van der Waals surface area contributed by atoms with Crippen LogP contribution in [0.5, 0.6) is 0 Å².